The summed E-state index contributed by atoms with van der Waals surface area (Å²) in [6, 6.07) is 3.82. The number of aliphatic carboxylic acids is 1. The van der Waals surface area contributed by atoms with Gasteiger partial charge in [0.15, 0.2) is 0 Å². The smallest absolute Gasteiger partial charge is 0.316 e. The van der Waals surface area contributed by atoms with Crippen LogP contribution in [0.15, 0.2) is 17.5 Å². The van der Waals surface area contributed by atoms with Crippen LogP contribution < -0.4 is 0 Å². The van der Waals surface area contributed by atoms with Crippen LogP contribution >= 0.6 is 24.0 Å². The van der Waals surface area contributed by atoms with Crippen LogP contribution in [-0.4, -0.2) is 16.3 Å². The van der Waals surface area contributed by atoms with Gasteiger partial charge in [-0.25, -0.2) is 0 Å². The van der Waals surface area contributed by atoms with Gasteiger partial charge in [-0.2, -0.15) is 12.6 Å². The van der Waals surface area contributed by atoms with Gasteiger partial charge in [-0.15, -0.1) is 11.3 Å². The molecule has 0 aliphatic rings. The van der Waals surface area contributed by atoms with Crippen molar-refractivity contribution in [1.82, 2.24) is 0 Å². The summed E-state index contributed by atoms with van der Waals surface area (Å²) < 4.78 is 0. The third-order valence-electron chi connectivity index (χ3n) is 1.26. The first-order valence-electron chi connectivity index (χ1n) is 3.13. The summed E-state index contributed by atoms with van der Waals surface area (Å²) in [5.41, 5.74) is 0. The summed E-state index contributed by atoms with van der Waals surface area (Å²) in [5.74, 6) is -0.860. The fourth-order valence-corrected chi connectivity index (χ4v) is 1.78. The van der Waals surface area contributed by atoms with Crippen molar-refractivity contribution < 1.29 is 9.90 Å². The molecule has 0 spiro atoms. The zero-order valence-electron chi connectivity index (χ0n) is 5.73. The fourth-order valence-electron chi connectivity index (χ4n) is 0.707. The van der Waals surface area contributed by atoms with Crippen LogP contribution in [0.4, 0.5) is 0 Å². The number of rotatable bonds is 3. The molecule has 0 bridgehead atoms. The fraction of sp³-hybridized carbons (Fsp3) is 0.286. The average molecular weight is 188 g/mol. The van der Waals surface area contributed by atoms with Gasteiger partial charge in [0.1, 0.15) is 5.25 Å². The zero-order valence-corrected chi connectivity index (χ0v) is 7.44. The van der Waals surface area contributed by atoms with E-state index in [0.717, 1.165) is 4.88 Å². The van der Waals surface area contributed by atoms with Gasteiger partial charge < -0.3 is 5.11 Å². The van der Waals surface area contributed by atoms with Gasteiger partial charge >= 0.3 is 5.97 Å². The van der Waals surface area contributed by atoms with Crippen molar-refractivity contribution in [3.8, 4) is 0 Å². The van der Waals surface area contributed by atoms with E-state index in [1.807, 2.05) is 17.5 Å². The summed E-state index contributed by atoms with van der Waals surface area (Å²) in [6.45, 7) is 0. The molecule has 1 unspecified atom stereocenters. The lowest BCUT2D eigenvalue weighted by molar-refractivity contribution is -0.136. The predicted octanol–water partition coefficient (Wildman–Crippen LogP) is 1.67. The molecular formula is C7H8O2S2. The second-order valence-corrected chi connectivity index (χ2v) is 3.79. The van der Waals surface area contributed by atoms with Crippen molar-refractivity contribution in [3.63, 3.8) is 0 Å². The number of hydrogen-bond acceptors (Lipinski definition) is 3. The zero-order chi connectivity index (χ0) is 8.27. The van der Waals surface area contributed by atoms with Gasteiger partial charge in [0.25, 0.3) is 0 Å². The topological polar surface area (TPSA) is 37.3 Å². The van der Waals surface area contributed by atoms with Crippen molar-refractivity contribution in [2.24, 2.45) is 0 Å². The maximum atomic E-state index is 10.4. The molecule has 1 atom stereocenters. The largest absolute Gasteiger partial charge is 0.480 e. The maximum Gasteiger partial charge on any atom is 0.316 e. The number of thiophene rings is 1. The molecule has 1 aromatic heterocycles. The number of carboxylic acid groups (broad SMARTS) is 1. The molecule has 0 aliphatic heterocycles. The SMILES string of the molecule is O=C(O)C(S)Cc1cccs1. The summed E-state index contributed by atoms with van der Waals surface area (Å²) in [4.78, 5) is 11.4. The van der Waals surface area contributed by atoms with E-state index in [-0.39, 0.29) is 0 Å². The Morgan fingerprint density at radius 3 is 3.00 bits per heavy atom. The van der Waals surface area contributed by atoms with Gasteiger partial charge in [-0.1, -0.05) is 6.07 Å². The van der Waals surface area contributed by atoms with E-state index in [4.69, 9.17) is 5.11 Å². The molecule has 11 heavy (non-hydrogen) atoms. The van der Waals surface area contributed by atoms with Crippen molar-refractivity contribution in [2.45, 2.75) is 11.7 Å². The first-order chi connectivity index (χ1) is 5.20. The quantitative estimate of drug-likeness (QED) is 0.708. The summed E-state index contributed by atoms with van der Waals surface area (Å²) in [5, 5.41) is 9.86. The Kier molecular flexibility index (Phi) is 2.96. The molecule has 0 amide bonds. The molecule has 1 rings (SSSR count). The van der Waals surface area contributed by atoms with Gasteiger partial charge in [0.05, 0.1) is 0 Å². The molecular weight excluding hydrogens is 180 g/mol. The van der Waals surface area contributed by atoms with Crippen LogP contribution in [0.3, 0.4) is 0 Å². The normalized spacial score (nSPS) is 12.8. The van der Waals surface area contributed by atoms with E-state index >= 15 is 0 Å². The molecule has 4 heteroatoms. The van der Waals surface area contributed by atoms with Crippen molar-refractivity contribution in [3.05, 3.63) is 22.4 Å². The summed E-state index contributed by atoms with van der Waals surface area (Å²) in [7, 11) is 0. The lowest BCUT2D eigenvalue weighted by Crippen LogP contribution is -2.15. The monoisotopic (exact) mass is 188 g/mol. The Morgan fingerprint density at radius 1 is 1.82 bits per heavy atom. The van der Waals surface area contributed by atoms with Gasteiger partial charge in [-0.3, -0.25) is 4.79 Å². The van der Waals surface area contributed by atoms with Crippen LogP contribution in [0.5, 0.6) is 0 Å². The molecule has 0 radical (unpaired) electrons. The lowest BCUT2D eigenvalue weighted by atomic mass is 10.2. The predicted molar refractivity (Wildman–Crippen MR) is 48.4 cm³/mol. The van der Waals surface area contributed by atoms with Crippen molar-refractivity contribution in [1.29, 1.82) is 0 Å². The molecule has 0 saturated carbocycles. The Balaban J connectivity index is 2.50. The first-order valence-corrected chi connectivity index (χ1v) is 4.53. The van der Waals surface area contributed by atoms with E-state index in [9.17, 15) is 4.79 Å². The molecule has 0 aliphatic carbocycles. The van der Waals surface area contributed by atoms with E-state index in [0.29, 0.717) is 6.42 Å². The highest BCUT2D eigenvalue weighted by Crippen LogP contribution is 2.13. The van der Waals surface area contributed by atoms with Crippen LogP contribution in [-0.2, 0) is 11.2 Å². The second-order valence-electron chi connectivity index (χ2n) is 2.14. The highest BCUT2D eigenvalue weighted by Gasteiger charge is 2.12. The Morgan fingerprint density at radius 2 is 2.55 bits per heavy atom. The van der Waals surface area contributed by atoms with E-state index in [1.54, 1.807) is 11.3 Å². The molecule has 60 valence electrons. The molecule has 2 nitrogen and oxygen atoms in total. The lowest BCUT2D eigenvalue weighted by Gasteiger charge is -2.00. The van der Waals surface area contributed by atoms with Gasteiger partial charge in [-0.05, 0) is 11.4 Å². The molecule has 0 aromatic carbocycles. The second kappa shape index (κ2) is 3.78. The highest BCUT2D eigenvalue weighted by atomic mass is 32.1. The summed E-state index contributed by atoms with van der Waals surface area (Å²) >= 11 is 5.47. The highest BCUT2D eigenvalue weighted by molar-refractivity contribution is 7.81. The van der Waals surface area contributed by atoms with Crippen LogP contribution in [0.1, 0.15) is 4.88 Å². The van der Waals surface area contributed by atoms with Crippen molar-refractivity contribution >= 4 is 29.9 Å². The first kappa shape index (κ1) is 8.62. The minimum atomic E-state index is -0.860. The molecule has 1 heterocycles. The Hall–Kier alpha value is -0.480. The average Bonchev–Trinajstić information content (AvgIpc) is 2.39. The minimum absolute atomic E-state index is 0.510. The van der Waals surface area contributed by atoms with Crippen LogP contribution in [0.2, 0.25) is 0 Å². The molecule has 1 aromatic rings. The number of thiol groups is 1. The number of carbonyl (C=O) groups is 1. The van der Waals surface area contributed by atoms with E-state index in [1.165, 1.54) is 0 Å². The minimum Gasteiger partial charge on any atom is -0.480 e. The number of hydrogen-bond donors (Lipinski definition) is 2. The van der Waals surface area contributed by atoms with Gasteiger partial charge in [0.2, 0.25) is 0 Å². The molecule has 0 fully saturated rings. The maximum absolute atomic E-state index is 10.4. The Labute approximate surface area is 74.3 Å². The van der Waals surface area contributed by atoms with Crippen LogP contribution in [0, 0.1) is 0 Å². The third kappa shape index (κ3) is 2.55. The number of carboxylic acids is 1. The summed E-state index contributed by atoms with van der Waals surface area (Å²) in [6.07, 6.45) is 0.510. The van der Waals surface area contributed by atoms with E-state index in [2.05, 4.69) is 12.6 Å². The standard InChI is InChI=1S/C7H8O2S2/c8-7(9)6(10)4-5-2-1-3-11-5/h1-3,6,10H,4H2,(H,8,9). The third-order valence-corrected chi connectivity index (χ3v) is 2.56. The molecule has 0 saturated heterocycles. The Bertz CT molecular complexity index is 231. The van der Waals surface area contributed by atoms with Crippen molar-refractivity contribution in [2.75, 3.05) is 0 Å². The molecule has 1 N–H and O–H groups in total. The van der Waals surface area contributed by atoms with Gasteiger partial charge in [0, 0.05) is 11.3 Å². The van der Waals surface area contributed by atoms with Crippen LogP contribution in [0.25, 0.3) is 0 Å². The van der Waals surface area contributed by atoms with E-state index < -0.39 is 11.2 Å².